The van der Waals surface area contributed by atoms with Crippen LogP contribution in [0.1, 0.15) is 43.9 Å². The summed E-state index contributed by atoms with van der Waals surface area (Å²) in [5.41, 5.74) is 3.33. The zero-order valence-electron chi connectivity index (χ0n) is 11.3. The molecule has 0 spiro atoms. The molecule has 1 aliphatic heterocycles. The highest BCUT2D eigenvalue weighted by atomic mass is 15.3. The Bertz CT molecular complexity index is 564. The van der Waals surface area contributed by atoms with Crippen molar-refractivity contribution in [3.63, 3.8) is 0 Å². The molecule has 0 atom stereocenters. The molecule has 3 rings (SSSR count). The number of nitrogens with zero attached hydrogens (tertiary/aromatic N) is 4. The minimum Gasteiger partial charge on any atom is -0.356 e. The van der Waals surface area contributed by atoms with E-state index in [9.17, 15) is 0 Å². The van der Waals surface area contributed by atoms with Crippen molar-refractivity contribution in [2.45, 2.75) is 39.5 Å². The van der Waals surface area contributed by atoms with Crippen LogP contribution in [0.15, 0.2) is 12.3 Å². The summed E-state index contributed by atoms with van der Waals surface area (Å²) in [7, 11) is 0. The standard InChI is InChI=1S/C14H20N4/c1-10(2)12-9-15-18-13(17-6-4-5-7-17)8-11(3)16-14(12)18/h8-10H,4-7H2,1-3H3. The fraction of sp³-hybridized carbons (Fsp3) is 0.571. The van der Waals surface area contributed by atoms with Crippen LogP contribution in [0.5, 0.6) is 0 Å². The minimum absolute atomic E-state index is 0.461. The topological polar surface area (TPSA) is 33.4 Å². The number of fused-ring (bicyclic) bond motifs is 1. The van der Waals surface area contributed by atoms with Gasteiger partial charge in [-0.05, 0) is 25.7 Å². The average molecular weight is 244 g/mol. The first-order chi connectivity index (χ1) is 8.66. The molecule has 0 N–H and O–H groups in total. The first kappa shape index (κ1) is 11.5. The molecule has 0 bridgehead atoms. The monoisotopic (exact) mass is 244 g/mol. The van der Waals surface area contributed by atoms with Gasteiger partial charge in [0.2, 0.25) is 0 Å². The maximum absolute atomic E-state index is 4.66. The van der Waals surface area contributed by atoms with Gasteiger partial charge in [0, 0.05) is 30.4 Å². The summed E-state index contributed by atoms with van der Waals surface area (Å²) < 4.78 is 2.01. The van der Waals surface area contributed by atoms with Gasteiger partial charge in [-0.15, -0.1) is 0 Å². The molecule has 0 amide bonds. The number of aromatic nitrogens is 3. The zero-order chi connectivity index (χ0) is 12.7. The molecule has 2 aromatic heterocycles. The minimum atomic E-state index is 0.461. The number of hydrogen-bond donors (Lipinski definition) is 0. The molecule has 0 aromatic carbocycles. The Morgan fingerprint density at radius 1 is 1.22 bits per heavy atom. The Hall–Kier alpha value is -1.58. The fourth-order valence-corrected chi connectivity index (χ4v) is 2.66. The van der Waals surface area contributed by atoms with E-state index in [1.54, 1.807) is 0 Å². The summed E-state index contributed by atoms with van der Waals surface area (Å²) in [6, 6.07) is 2.15. The van der Waals surface area contributed by atoms with Crippen LogP contribution in [0.4, 0.5) is 5.82 Å². The molecule has 96 valence electrons. The highest BCUT2D eigenvalue weighted by molar-refractivity contribution is 5.56. The molecule has 0 saturated carbocycles. The van der Waals surface area contributed by atoms with Crippen LogP contribution >= 0.6 is 0 Å². The predicted molar refractivity (Wildman–Crippen MR) is 73.3 cm³/mol. The molecule has 0 unspecified atom stereocenters. The van der Waals surface area contributed by atoms with E-state index in [1.165, 1.54) is 24.2 Å². The normalized spacial score (nSPS) is 16.1. The predicted octanol–water partition coefficient (Wildman–Crippen LogP) is 2.76. The Labute approximate surface area is 108 Å². The van der Waals surface area contributed by atoms with Gasteiger partial charge in [-0.2, -0.15) is 9.61 Å². The van der Waals surface area contributed by atoms with E-state index in [-0.39, 0.29) is 0 Å². The van der Waals surface area contributed by atoms with Crippen molar-refractivity contribution in [1.82, 2.24) is 14.6 Å². The summed E-state index contributed by atoms with van der Waals surface area (Å²) in [6.45, 7) is 8.72. The van der Waals surface area contributed by atoms with Gasteiger partial charge in [-0.3, -0.25) is 0 Å². The van der Waals surface area contributed by atoms with Crippen LogP contribution in [0.3, 0.4) is 0 Å². The number of aryl methyl sites for hydroxylation is 1. The van der Waals surface area contributed by atoms with Gasteiger partial charge in [0.1, 0.15) is 5.82 Å². The summed E-state index contributed by atoms with van der Waals surface area (Å²) in [6.07, 6.45) is 4.52. The van der Waals surface area contributed by atoms with E-state index in [0.717, 1.165) is 24.4 Å². The van der Waals surface area contributed by atoms with Crippen LogP contribution in [-0.4, -0.2) is 27.7 Å². The third kappa shape index (κ3) is 1.76. The Balaban J connectivity index is 2.19. The van der Waals surface area contributed by atoms with Crippen molar-refractivity contribution < 1.29 is 0 Å². The van der Waals surface area contributed by atoms with Gasteiger partial charge >= 0.3 is 0 Å². The molecule has 0 aliphatic carbocycles. The maximum Gasteiger partial charge on any atom is 0.161 e. The summed E-state index contributed by atoms with van der Waals surface area (Å²) in [4.78, 5) is 7.08. The van der Waals surface area contributed by atoms with Crippen LogP contribution in [-0.2, 0) is 0 Å². The van der Waals surface area contributed by atoms with Gasteiger partial charge in [0.05, 0.1) is 6.20 Å². The molecule has 2 aromatic rings. The number of rotatable bonds is 2. The second-order valence-corrected chi connectivity index (χ2v) is 5.44. The summed E-state index contributed by atoms with van der Waals surface area (Å²) in [5.74, 6) is 1.66. The molecule has 18 heavy (non-hydrogen) atoms. The van der Waals surface area contributed by atoms with Crippen LogP contribution < -0.4 is 4.90 Å². The maximum atomic E-state index is 4.66. The zero-order valence-corrected chi connectivity index (χ0v) is 11.3. The van der Waals surface area contributed by atoms with Crippen LogP contribution in [0, 0.1) is 6.92 Å². The average Bonchev–Trinajstić information content (AvgIpc) is 2.96. The molecule has 1 saturated heterocycles. The third-order valence-corrected chi connectivity index (χ3v) is 3.66. The fourth-order valence-electron chi connectivity index (χ4n) is 2.66. The van der Waals surface area contributed by atoms with Gasteiger partial charge in [-0.1, -0.05) is 13.8 Å². The van der Waals surface area contributed by atoms with E-state index in [4.69, 9.17) is 0 Å². The Morgan fingerprint density at radius 3 is 2.61 bits per heavy atom. The molecule has 1 aliphatic rings. The van der Waals surface area contributed by atoms with E-state index >= 15 is 0 Å². The summed E-state index contributed by atoms with van der Waals surface area (Å²) >= 11 is 0. The van der Waals surface area contributed by atoms with Crippen molar-refractivity contribution in [3.8, 4) is 0 Å². The highest BCUT2D eigenvalue weighted by Gasteiger charge is 2.19. The van der Waals surface area contributed by atoms with Crippen molar-refractivity contribution in [2.75, 3.05) is 18.0 Å². The largest absolute Gasteiger partial charge is 0.356 e. The number of hydrogen-bond acceptors (Lipinski definition) is 3. The van der Waals surface area contributed by atoms with Crippen LogP contribution in [0.25, 0.3) is 5.65 Å². The van der Waals surface area contributed by atoms with Crippen molar-refractivity contribution in [3.05, 3.63) is 23.5 Å². The molecule has 4 nitrogen and oxygen atoms in total. The summed E-state index contributed by atoms with van der Waals surface area (Å²) in [5, 5.41) is 4.54. The van der Waals surface area contributed by atoms with Crippen LogP contribution in [0.2, 0.25) is 0 Å². The Morgan fingerprint density at radius 2 is 1.94 bits per heavy atom. The third-order valence-electron chi connectivity index (χ3n) is 3.66. The van der Waals surface area contributed by atoms with Crippen molar-refractivity contribution >= 4 is 11.5 Å². The first-order valence-corrected chi connectivity index (χ1v) is 6.77. The SMILES string of the molecule is Cc1cc(N2CCCC2)n2ncc(C(C)C)c2n1. The van der Waals surface area contributed by atoms with Gasteiger partial charge < -0.3 is 4.90 Å². The van der Waals surface area contributed by atoms with Gasteiger partial charge in [0.15, 0.2) is 5.65 Å². The van der Waals surface area contributed by atoms with Crippen molar-refractivity contribution in [2.24, 2.45) is 0 Å². The lowest BCUT2D eigenvalue weighted by molar-refractivity contribution is 0.843. The lowest BCUT2D eigenvalue weighted by atomic mass is 10.1. The second-order valence-electron chi connectivity index (χ2n) is 5.44. The lowest BCUT2D eigenvalue weighted by Crippen LogP contribution is -2.21. The van der Waals surface area contributed by atoms with Crippen molar-refractivity contribution in [1.29, 1.82) is 0 Å². The van der Waals surface area contributed by atoms with E-state index in [1.807, 2.05) is 10.7 Å². The number of anilines is 1. The smallest absolute Gasteiger partial charge is 0.161 e. The van der Waals surface area contributed by atoms with E-state index in [2.05, 4.69) is 41.8 Å². The quantitative estimate of drug-likeness (QED) is 0.814. The van der Waals surface area contributed by atoms with E-state index < -0.39 is 0 Å². The van der Waals surface area contributed by atoms with E-state index in [0.29, 0.717) is 5.92 Å². The molecular formula is C14H20N4. The first-order valence-electron chi connectivity index (χ1n) is 6.77. The molecule has 1 fully saturated rings. The van der Waals surface area contributed by atoms with Gasteiger partial charge in [0.25, 0.3) is 0 Å². The molecule has 3 heterocycles. The molecule has 0 radical (unpaired) electrons. The van der Waals surface area contributed by atoms with Gasteiger partial charge in [-0.25, -0.2) is 4.98 Å². The molecular weight excluding hydrogens is 224 g/mol. The molecule has 4 heteroatoms. The highest BCUT2D eigenvalue weighted by Crippen LogP contribution is 2.25. The Kier molecular flexibility index (Phi) is 2.73. The second kappa shape index (κ2) is 4.26. The lowest BCUT2D eigenvalue weighted by Gasteiger charge is -2.19.